The molecule has 0 saturated carbocycles. The van der Waals surface area contributed by atoms with Crippen LogP contribution >= 0.6 is 0 Å². The third kappa shape index (κ3) is 2.97. The van der Waals surface area contributed by atoms with Gasteiger partial charge in [0.25, 0.3) is 5.91 Å². The normalized spacial score (nSPS) is 11.8. The Balaban J connectivity index is 2.14. The fraction of sp³-hybridized carbons (Fsp3) is 0.267. The van der Waals surface area contributed by atoms with Gasteiger partial charge in [-0.3, -0.25) is 4.79 Å². The van der Waals surface area contributed by atoms with E-state index in [1.807, 2.05) is 6.92 Å². The summed E-state index contributed by atoms with van der Waals surface area (Å²) in [5.41, 5.74) is -1.23. The van der Waals surface area contributed by atoms with Gasteiger partial charge in [0.05, 0.1) is 6.26 Å². The Kier molecular flexibility index (Phi) is 4.00. The van der Waals surface area contributed by atoms with Crippen LogP contribution in [0.2, 0.25) is 0 Å². The number of hydrogen-bond donors (Lipinski definition) is 1. The maximum atomic E-state index is 13.3. The second kappa shape index (κ2) is 5.99. The maximum Gasteiger partial charge on any atom is 0.433 e. The van der Waals surface area contributed by atoms with Crippen molar-refractivity contribution < 1.29 is 22.4 Å². The SMILES string of the molecule is CCCNC(=O)c1cc2nc(-c3ccco3)cc(C(F)(F)F)n2n1. The zero-order valence-electron chi connectivity index (χ0n) is 12.6. The van der Waals surface area contributed by atoms with Crippen molar-refractivity contribution in [2.24, 2.45) is 0 Å². The van der Waals surface area contributed by atoms with Crippen LogP contribution in [-0.4, -0.2) is 27.0 Å². The van der Waals surface area contributed by atoms with Crippen LogP contribution < -0.4 is 5.32 Å². The first-order valence-electron chi connectivity index (χ1n) is 7.20. The summed E-state index contributed by atoms with van der Waals surface area (Å²) in [6, 6.07) is 5.11. The summed E-state index contributed by atoms with van der Waals surface area (Å²) in [5, 5.41) is 6.31. The quantitative estimate of drug-likeness (QED) is 0.793. The smallest absolute Gasteiger partial charge is 0.433 e. The van der Waals surface area contributed by atoms with E-state index in [9.17, 15) is 18.0 Å². The van der Waals surface area contributed by atoms with Gasteiger partial charge in [0, 0.05) is 12.6 Å². The van der Waals surface area contributed by atoms with Crippen LogP contribution in [0.15, 0.2) is 34.9 Å². The molecule has 3 rings (SSSR count). The van der Waals surface area contributed by atoms with Crippen molar-refractivity contribution in [2.45, 2.75) is 19.5 Å². The van der Waals surface area contributed by atoms with Crippen molar-refractivity contribution in [3.05, 3.63) is 41.9 Å². The lowest BCUT2D eigenvalue weighted by atomic mass is 10.2. The number of nitrogens with zero attached hydrogens (tertiary/aromatic N) is 3. The van der Waals surface area contributed by atoms with Crippen molar-refractivity contribution in [3.63, 3.8) is 0 Å². The van der Waals surface area contributed by atoms with Gasteiger partial charge in [-0.25, -0.2) is 9.50 Å². The number of amides is 1. The number of furan rings is 1. The van der Waals surface area contributed by atoms with E-state index in [4.69, 9.17) is 4.42 Å². The number of nitrogens with one attached hydrogen (secondary N) is 1. The predicted molar refractivity (Wildman–Crippen MR) is 78.3 cm³/mol. The molecule has 1 N–H and O–H groups in total. The molecular weight excluding hydrogens is 325 g/mol. The Morgan fingerprint density at radius 3 is 2.79 bits per heavy atom. The van der Waals surface area contributed by atoms with E-state index in [-0.39, 0.29) is 22.8 Å². The molecule has 0 aliphatic carbocycles. The van der Waals surface area contributed by atoms with Gasteiger partial charge in [-0.1, -0.05) is 6.92 Å². The van der Waals surface area contributed by atoms with Gasteiger partial charge < -0.3 is 9.73 Å². The zero-order valence-corrected chi connectivity index (χ0v) is 12.6. The molecule has 0 bridgehead atoms. The van der Waals surface area contributed by atoms with Gasteiger partial charge in [0.1, 0.15) is 5.69 Å². The number of aromatic nitrogens is 3. The molecule has 0 atom stereocenters. The summed E-state index contributed by atoms with van der Waals surface area (Å²) >= 11 is 0. The number of hydrogen-bond acceptors (Lipinski definition) is 4. The highest BCUT2D eigenvalue weighted by atomic mass is 19.4. The minimum Gasteiger partial charge on any atom is -0.463 e. The highest BCUT2D eigenvalue weighted by Crippen LogP contribution is 2.32. The summed E-state index contributed by atoms with van der Waals surface area (Å²) in [7, 11) is 0. The molecule has 3 aromatic rings. The lowest BCUT2D eigenvalue weighted by molar-refractivity contribution is -0.142. The maximum absolute atomic E-state index is 13.3. The summed E-state index contributed by atoms with van der Waals surface area (Å²) in [5.74, 6) is -0.351. The van der Waals surface area contributed by atoms with E-state index >= 15 is 0 Å². The highest BCUT2D eigenvalue weighted by molar-refractivity contribution is 5.93. The number of carbonyl (C=O) groups is 1. The first kappa shape index (κ1) is 16.0. The van der Waals surface area contributed by atoms with E-state index < -0.39 is 17.8 Å². The number of carbonyl (C=O) groups excluding carboxylic acids is 1. The first-order valence-corrected chi connectivity index (χ1v) is 7.20. The second-order valence-electron chi connectivity index (χ2n) is 5.06. The Morgan fingerprint density at radius 1 is 1.38 bits per heavy atom. The van der Waals surface area contributed by atoms with Crippen molar-refractivity contribution >= 4 is 11.6 Å². The van der Waals surface area contributed by atoms with Crippen LogP contribution in [-0.2, 0) is 6.18 Å². The zero-order chi connectivity index (χ0) is 17.3. The van der Waals surface area contributed by atoms with Crippen LogP contribution in [0.25, 0.3) is 17.1 Å². The molecule has 3 heterocycles. The summed E-state index contributed by atoms with van der Waals surface area (Å²) in [4.78, 5) is 16.0. The van der Waals surface area contributed by atoms with Crippen molar-refractivity contribution in [3.8, 4) is 11.5 Å². The summed E-state index contributed by atoms with van der Waals surface area (Å²) in [6.07, 6.45) is -2.62. The molecule has 6 nitrogen and oxygen atoms in total. The number of fused-ring (bicyclic) bond motifs is 1. The standard InChI is InChI=1S/C15H13F3N4O2/c1-2-5-19-14(23)10-8-13-20-9(11-4-3-6-24-11)7-12(15(16,17)18)22(13)21-10/h3-4,6-8H,2,5H2,1H3,(H,19,23). The number of halogens is 3. The van der Waals surface area contributed by atoms with Gasteiger partial charge >= 0.3 is 6.18 Å². The molecule has 1 amide bonds. The van der Waals surface area contributed by atoms with Crippen LogP contribution in [0.4, 0.5) is 13.2 Å². The lowest BCUT2D eigenvalue weighted by Gasteiger charge is -2.09. The van der Waals surface area contributed by atoms with Crippen LogP contribution in [0.5, 0.6) is 0 Å². The molecule has 9 heteroatoms. The molecule has 3 aromatic heterocycles. The van der Waals surface area contributed by atoms with E-state index in [1.165, 1.54) is 18.4 Å². The van der Waals surface area contributed by atoms with Gasteiger partial charge in [-0.15, -0.1) is 0 Å². The minimum atomic E-state index is -4.66. The van der Waals surface area contributed by atoms with E-state index in [1.54, 1.807) is 6.07 Å². The van der Waals surface area contributed by atoms with Gasteiger partial charge in [0.2, 0.25) is 0 Å². The number of rotatable bonds is 4. The largest absolute Gasteiger partial charge is 0.463 e. The van der Waals surface area contributed by atoms with Crippen LogP contribution in [0.3, 0.4) is 0 Å². The Bertz CT molecular complexity index is 869. The van der Waals surface area contributed by atoms with Gasteiger partial charge in [-0.2, -0.15) is 18.3 Å². The van der Waals surface area contributed by atoms with Gasteiger partial charge in [0.15, 0.2) is 22.8 Å². The van der Waals surface area contributed by atoms with Crippen molar-refractivity contribution in [1.29, 1.82) is 0 Å². The highest BCUT2D eigenvalue weighted by Gasteiger charge is 2.35. The fourth-order valence-electron chi connectivity index (χ4n) is 2.17. The second-order valence-corrected chi connectivity index (χ2v) is 5.06. The predicted octanol–water partition coefficient (Wildman–Crippen LogP) is 3.15. The minimum absolute atomic E-state index is 0.0141. The Labute approximate surface area is 134 Å². The molecule has 24 heavy (non-hydrogen) atoms. The van der Waals surface area contributed by atoms with Gasteiger partial charge in [-0.05, 0) is 24.6 Å². The average molecular weight is 338 g/mol. The van der Waals surface area contributed by atoms with E-state index in [0.717, 1.165) is 6.07 Å². The molecule has 0 fully saturated rings. The first-order chi connectivity index (χ1) is 11.4. The molecular formula is C15H13F3N4O2. The average Bonchev–Trinajstić information content (AvgIpc) is 3.19. The molecule has 0 aromatic carbocycles. The third-order valence-corrected chi connectivity index (χ3v) is 3.26. The fourth-order valence-corrected chi connectivity index (χ4v) is 2.17. The summed E-state index contributed by atoms with van der Waals surface area (Å²) in [6.45, 7) is 2.27. The molecule has 0 aliphatic rings. The monoisotopic (exact) mass is 338 g/mol. The van der Waals surface area contributed by atoms with E-state index in [2.05, 4.69) is 15.4 Å². The molecule has 0 saturated heterocycles. The number of alkyl halides is 3. The van der Waals surface area contributed by atoms with Crippen molar-refractivity contribution in [2.75, 3.05) is 6.54 Å². The topological polar surface area (TPSA) is 72.4 Å². The van der Waals surface area contributed by atoms with Crippen LogP contribution in [0.1, 0.15) is 29.5 Å². The Morgan fingerprint density at radius 2 is 2.17 bits per heavy atom. The molecule has 126 valence electrons. The molecule has 0 aliphatic heterocycles. The summed E-state index contributed by atoms with van der Waals surface area (Å²) < 4.78 is 45.7. The molecule has 0 radical (unpaired) electrons. The molecule has 0 unspecified atom stereocenters. The van der Waals surface area contributed by atoms with Crippen molar-refractivity contribution in [1.82, 2.24) is 19.9 Å². The van der Waals surface area contributed by atoms with Crippen LogP contribution in [0, 0.1) is 0 Å². The lowest BCUT2D eigenvalue weighted by Crippen LogP contribution is -2.24. The Hall–Kier alpha value is -2.84. The molecule has 0 spiro atoms. The third-order valence-electron chi connectivity index (χ3n) is 3.26. The van der Waals surface area contributed by atoms with E-state index in [0.29, 0.717) is 17.5 Å².